The van der Waals surface area contributed by atoms with Crippen molar-refractivity contribution in [2.24, 2.45) is 5.92 Å². The van der Waals surface area contributed by atoms with Crippen LogP contribution in [0, 0.1) is 5.92 Å². The molecule has 0 unspecified atom stereocenters. The van der Waals surface area contributed by atoms with E-state index >= 15 is 0 Å². The molecule has 2 aliphatic rings. The molecule has 17 heavy (non-hydrogen) atoms. The molecule has 0 spiro atoms. The Labute approximate surface area is 103 Å². The van der Waals surface area contributed by atoms with E-state index in [1.54, 1.807) is 0 Å². The molecule has 0 aromatic rings. The first-order valence-corrected chi connectivity index (χ1v) is 7.94. The highest BCUT2D eigenvalue weighted by atomic mass is 32.2. The first-order chi connectivity index (χ1) is 8.12. The molecule has 2 rings (SSSR count). The van der Waals surface area contributed by atoms with Crippen molar-refractivity contribution in [3.63, 3.8) is 0 Å². The van der Waals surface area contributed by atoms with Gasteiger partial charge in [0, 0.05) is 25.7 Å². The van der Waals surface area contributed by atoms with E-state index in [-0.39, 0.29) is 18.6 Å². The topological polar surface area (TPSA) is 69.6 Å². The first-order valence-electron chi connectivity index (χ1n) is 6.50. The summed E-state index contributed by atoms with van der Waals surface area (Å²) in [6.45, 7) is 1.46. The van der Waals surface area contributed by atoms with E-state index in [1.807, 2.05) is 0 Å². The van der Waals surface area contributed by atoms with Crippen LogP contribution in [0.1, 0.15) is 38.5 Å². The smallest absolute Gasteiger partial charge is 0.279 e. The molecule has 5 nitrogen and oxygen atoms in total. The summed E-state index contributed by atoms with van der Waals surface area (Å²) in [5.41, 5.74) is 0. The number of aliphatic hydroxyl groups is 1. The van der Waals surface area contributed by atoms with E-state index in [2.05, 4.69) is 4.72 Å². The zero-order valence-corrected chi connectivity index (χ0v) is 11.0. The molecular formula is C11H22N2O3S. The number of nitrogens with one attached hydrogen (secondary N) is 1. The lowest BCUT2D eigenvalue weighted by Crippen LogP contribution is -2.46. The van der Waals surface area contributed by atoms with Gasteiger partial charge in [-0.25, -0.2) is 0 Å². The van der Waals surface area contributed by atoms with Crippen LogP contribution < -0.4 is 4.72 Å². The molecule has 1 saturated carbocycles. The predicted molar refractivity (Wildman–Crippen MR) is 65.7 cm³/mol. The van der Waals surface area contributed by atoms with E-state index in [9.17, 15) is 8.42 Å². The second kappa shape index (κ2) is 5.65. The zero-order valence-electron chi connectivity index (χ0n) is 10.1. The van der Waals surface area contributed by atoms with Gasteiger partial charge in [0.15, 0.2) is 0 Å². The van der Waals surface area contributed by atoms with Crippen molar-refractivity contribution in [1.29, 1.82) is 0 Å². The van der Waals surface area contributed by atoms with Gasteiger partial charge in [-0.05, 0) is 38.0 Å². The maximum atomic E-state index is 12.0. The van der Waals surface area contributed by atoms with Crippen molar-refractivity contribution in [2.45, 2.75) is 44.6 Å². The summed E-state index contributed by atoms with van der Waals surface area (Å²) in [5, 5.41) is 9.13. The van der Waals surface area contributed by atoms with E-state index in [0.717, 1.165) is 38.5 Å². The second-order valence-electron chi connectivity index (χ2n) is 5.14. The van der Waals surface area contributed by atoms with E-state index in [0.29, 0.717) is 13.1 Å². The van der Waals surface area contributed by atoms with Crippen molar-refractivity contribution in [1.82, 2.24) is 9.03 Å². The van der Waals surface area contributed by atoms with E-state index in [1.165, 1.54) is 4.31 Å². The number of nitrogens with zero attached hydrogens (tertiary/aromatic N) is 1. The summed E-state index contributed by atoms with van der Waals surface area (Å²) < 4.78 is 28.4. The Morgan fingerprint density at radius 1 is 1.18 bits per heavy atom. The Hall–Kier alpha value is -0.170. The highest BCUT2D eigenvalue weighted by Gasteiger charge is 2.30. The van der Waals surface area contributed by atoms with Gasteiger partial charge in [-0.15, -0.1) is 0 Å². The average Bonchev–Trinajstić information content (AvgIpc) is 2.83. The van der Waals surface area contributed by atoms with Crippen LogP contribution in [0.4, 0.5) is 0 Å². The molecule has 6 heteroatoms. The van der Waals surface area contributed by atoms with Gasteiger partial charge < -0.3 is 5.11 Å². The third kappa shape index (κ3) is 3.40. The SMILES string of the molecule is O=S(=O)(N[C@H]1CCC[C@@H](CO)C1)N1CCCC1. The van der Waals surface area contributed by atoms with Crippen LogP contribution in [-0.2, 0) is 10.2 Å². The minimum Gasteiger partial charge on any atom is -0.396 e. The number of rotatable bonds is 4. The van der Waals surface area contributed by atoms with Gasteiger partial charge in [-0.3, -0.25) is 0 Å². The van der Waals surface area contributed by atoms with Crippen molar-refractivity contribution in [3.05, 3.63) is 0 Å². The molecule has 0 aromatic carbocycles. The maximum Gasteiger partial charge on any atom is 0.279 e. The molecule has 1 aliphatic heterocycles. The van der Waals surface area contributed by atoms with Gasteiger partial charge in [0.2, 0.25) is 0 Å². The van der Waals surface area contributed by atoms with Crippen LogP contribution in [0.15, 0.2) is 0 Å². The normalized spacial score (nSPS) is 31.8. The molecule has 0 radical (unpaired) electrons. The highest BCUT2D eigenvalue weighted by molar-refractivity contribution is 7.87. The molecule has 0 amide bonds. The quantitative estimate of drug-likeness (QED) is 0.773. The molecule has 2 atom stereocenters. The largest absolute Gasteiger partial charge is 0.396 e. The summed E-state index contributed by atoms with van der Waals surface area (Å²) in [5.74, 6) is 0.259. The van der Waals surface area contributed by atoms with Crippen molar-refractivity contribution >= 4 is 10.2 Å². The third-order valence-electron chi connectivity index (χ3n) is 3.76. The second-order valence-corrected chi connectivity index (χ2v) is 6.84. The van der Waals surface area contributed by atoms with Gasteiger partial charge in [0.1, 0.15) is 0 Å². The van der Waals surface area contributed by atoms with Gasteiger partial charge in [0.05, 0.1) is 0 Å². The van der Waals surface area contributed by atoms with Crippen molar-refractivity contribution in [2.75, 3.05) is 19.7 Å². The monoisotopic (exact) mass is 262 g/mol. The minimum absolute atomic E-state index is 0.00602. The average molecular weight is 262 g/mol. The van der Waals surface area contributed by atoms with Gasteiger partial charge in [-0.1, -0.05) is 6.42 Å². The maximum absolute atomic E-state index is 12.0. The van der Waals surface area contributed by atoms with E-state index < -0.39 is 10.2 Å². The Balaban J connectivity index is 1.90. The van der Waals surface area contributed by atoms with Gasteiger partial charge >= 0.3 is 0 Å². The number of aliphatic hydroxyl groups excluding tert-OH is 1. The summed E-state index contributed by atoms with van der Waals surface area (Å²) >= 11 is 0. The molecule has 0 bridgehead atoms. The van der Waals surface area contributed by atoms with Crippen molar-refractivity contribution < 1.29 is 13.5 Å². The number of hydrogen-bond acceptors (Lipinski definition) is 3. The zero-order chi connectivity index (χ0) is 12.3. The third-order valence-corrected chi connectivity index (χ3v) is 5.44. The summed E-state index contributed by atoms with van der Waals surface area (Å²) in [6.07, 6.45) is 5.60. The standard InChI is InChI=1S/C11H22N2O3S/c14-9-10-4-3-5-11(8-10)12-17(15,16)13-6-1-2-7-13/h10-12,14H,1-9H2/t10-,11+/m1/s1. The van der Waals surface area contributed by atoms with E-state index in [4.69, 9.17) is 5.11 Å². The highest BCUT2D eigenvalue weighted by Crippen LogP contribution is 2.25. The molecule has 1 heterocycles. The summed E-state index contributed by atoms with van der Waals surface area (Å²) in [6, 6.07) is 0.00602. The first kappa shape index (κ1) is 13.3. The molecule has 2 fully saturated rings. The lowest BCUT2D eigenvalue weighted by molar-refractivity contribution is 0.176. The summed E-state index contributed by atoms with van der Waals surface area (Å²) in [7, 11) is -3.29. The molecule has 100 valence electrons. The minimum atomic E-state index is -3.29. The fourth-order valence-electron chi connectivity index (χ4n) is 2.78. The Bertz CT molecular complexity index is 339. The lowest BCUT2D eigenvalue weighted by Gasteiger charge is -2.29. The Morgan fingerprint density at radius 2 is 1.88 bits per heavy atom. The van der Waals surface area contributed by atoms with Crippen LogP contribution in [0.3, 0.4) is 0 Å². The Kier molecular flexibility index (Phi) is 4.41. The molecule has 1 saturated heterocycles. The van der Waals surface area contributed by atoms with Crippen LogP contribution in [0.5, 0.6) is 0 Å². The van der Waals surface area contributed by atoms with Crippen LogP contribution >= 0.6 is 0 Å². The molecule has 2 N–H and O–H groups in total. The fourth-order valence-corrected chi connectivity index (χ4v) is 4.30. The Morgan fingerprint density at radius 3 is 2.53 bits per heavy atom. The van der Waals surface area contributed by atoms with Crippen LogP contribution in [0.2, 0.25) is 0 Å². The molecule has 0 aromatic heterocycles. The predicted octanol–water partition coefficient (Wildman–Crippen LogP) is 0.468. The fraction of sp³-hybridized carbons (Fsp3) is 1.00. The number of hydrogen-bond donors (Lipinski definition) is 2. The lowest BCUT2D eigenvalue weighted by atomic mass is 9.87. The molecular weight excluding hydrogens is 240 g/mol. The van der Waals surface area contributed by atoms with Gasteiger partial charge in [-0.2, -0.15) is 17.4 Å². The van der Waals surface area contributed by atoms with Crippen molar-refractivity contribution in [3.8, 4) is 0 Å². The van der Waals surface area contributed by atoms with Crippen LogP contribution in [0.25, 0.3) is 0 Å². The van der Waals surface area contributed by atoms with Crippen LogP contribution in [-0.4, -0.2) is 43.6 Å². The summed E-state index contributed by atoms with van der Waals surface area (Å²) in [4.78, 5) is 0. The molecule has 1 aliphatic carbocycles. The van der Waals surface area contributed by atoms with Gasteiger partial charge in [0.25, 0.3) is 10.2 Å².